The Kier molecular flexibility index (Phi) is 6.63. The Bertz CT molecular complexity index is 507. The Balaban J connectivity index is 1.88. The number of piperidine rings is 1. The largest absolute Gasteiger partial charge is 0.343 e. The molecule has 0 N–H and O–H groups in total. The number of hydrogen-bond donors (Lipinski definition) is 0. The van der Waals surface area contributed by atoms with Gasteiger partial charge in [-0.25, -0.2) is 0 Å². The molecule has 0 radical (unpaired) electrons. The van der Waals surface area contributed by atoms with Crippen molar-refractivity contribution >= 4 is 11.8 Å². The molecule has 1 aliphatic rings. The van der Waals surface area contributed by atoms with Gasteiger partial charge in [0.15, 0.2) is 0 Å². The minimum Gasteiger partial charge on any atom is -0.343 e. The fourth-order valence-electron chi connectivity index (χ4n) is 3.12. The molecule has 0 bridgehead atoms. The summed E-state index contributed by atoms with van der Waals surface area (Å²) in [4.78, 5) is 28.9. The normalized spacial score (nSPS) is 15.5. The number of carbonyl (C=O) groups excluding carboxylic acids is 2. The molecule has 0 aromatic heterocycles. The van der Waals surface area contributed by atoms with Gasteiger partial charge < -0.3 is 9.80 Å². The number of carbonyl (C=O) groups is 2. The molecule has 4 nitrogen and oxygen atoms in total. The smallest absolute Gasteiger partial charge is 0.253 e. The number of benzene rings is 1. The Morgan fingerprint density at radius 1 is 1.13 bits per heavy atom. The summed E-state index contributed by atoms with van der Waals surface area (Å²) >= 11 is 0. The lowest BCUT2D eigenvalue weighted by Gasteiger charge is -2.34. The van der Waals surface area contributed by atoms with Gasteiger partial charge in [0.1, 0.15) is 0 Å². The predicted octanol–water partition coefficient (Wildman–Crippen LogP) is 3.19. The number of nitrogens with zero attached hydrogens (tertiary/aromatic N) is 2. The molecule has 4 heteroatoms. The van der Waals surface area contributed by atoms with E-state index in [0.717, 1.165) is 44.3 Å². The molecular formula is C19H28N2O2. The van der Waals surface area contributed by atoms with Gasteiger partial charge in [0.05, 0.1) is 0 Å². The maximum Gasteiger partial charge on any atom is 0.253 e. The molecule has 1 heterocycles. The molecule has 126 valence electrons. The third-order valence-electron chi connectivity index (χ3n) is 4.63. The van der Waals surface area contributed by atoms with Crippen LogP contribution in [0.4, 0.5) is 0 Å². The lowest BCUT2D eigenvalue weighted by Crippen LogP contribution is -2.44. The van der Waals surface area contributed by atoms with E-state index < -0.39 is 0 Å². The molecule has 0 saturated carbocycles. The van der Waals surface area contributed by atoms with Crippen LogP contribution < -0.4 is 0 Å². The predicted molar refractivity (Wildman–Crippen MR) is 92.2 cm³/mol. The standard InChI is InChI=1S/C19H28N2O2/c1-3-5-13-20(4-2)18(22)17-11-14-21(15-12-17)19(23)16-9-7-6-8-10-16/h6-10,17H,3-5,11-15H2,1-2H3. The summed E-state index contributed by atoms with van der Waals surface area (Å²) in [6.45, 7) is 7.18. The topological polar surface area (TPSA) is 40.6 Å². The van der Waals surface area contributed by atoms with Crippen LogP contribution in [0.1, 0.15) is 49.9 Å². The molecule has 1 aromatic carbocycles. The van der Waals surface area contributed by atoms with Crippen molar-refractivity contribution in [3.63, 3.8) is 0 Å². The van der Waals surface area contributed by atoms with Gasteiger partial charge in [-0.2, -0.15) is 0 Å². The number of unbranched alkanes of at least 4 members (excludes halogenated alkanes) is 1. The van der Waals surface area contributed by atoms with Gasteiger partial charge in [-0.1, -0.05) is 31.5 Å². The first-order chi connectivity index (χ1) is 11.2. The van der Waals surface area contributed by atoms with Crippen molar-refractivity contribution < 1.29 is 9.59 Å². The molecule has 2 amide bonds. The van der Waals surface area contributed by atoms with Crippen LogP contribution in [-0.4, -0.2) is 47.8 Å². The highest BCUT2D eigenvalue weighted by atomic mass is 16.2. The van der Waals surface area contributed by atoms with E-state index in [-0.39, 0.29) is 17.7 Å². The van der Waals surface area contributed by atoms with E-state index in [1.165, 1.54) is 0 Å². The summed E-state index contributed by atoms with van der Waals surface area (Å²) in [7, 11) is 0. The number of likely N-dealkylation sites (tertiary alicyclic amines) is 1. The summed E-state index contributed by atoms with van der Waals surface area (Å²) < 4.78 is 0. The van der Waals surface area contributed by atoms with Gasteiger partial charge in [0.2, 0.25) is 5.91 Å². The summed E-state index contributed by atoms with van der Waals surface area (Å²) in [5.41, 5.74) is 0.732. The van der Waals surface area contributed by atoms with Crippen LogP contribution in [0, 0.1) is 5.92 Å². The highest BCUT2D eigenvalue weighted by Gasteiger charge is 2.29. The highest BCUT2D eigenvalue weighted by Crippen LogP contribution is 2.21. The van der Waals surface area contributed by atoms with Crippen molar-refractivity contribution in [3.05, 3.63) is 35.9 Å². The minimum atomic E-state index is 0.0756. The minimum absolute atomic E-state index is 0.0756. The van der Waals surface area contributed by atoms with Gasteiger partial charge in [-0.3, -0.25) is 9.59 Å². The molecule has 2 rings (SSSR count). The SMILES string of the molecule is CCCCN(CC)C(=O)C1CCN(C(=O)c2ccccc2)CC1. The van der Waals surface area contributed by atoms with Gasteiger partial charge in [0.25, 0.3) is 5.91 Å². The van der Waals surface area contributed by atoms with E-state index in [9.17, 15) is 9.59 Å². The van der Waals surface area contributed by atoms with Crippen molar-refractivity contribution in [2.45, 2.75) is 39.5 Å². The summed E-state index contributed by atoms with van der Waals surface area (Å²) in [6, 6.07) is 9.39. The second kappa shape index (κ2) is 8.70. The first-order valence-electron chi connectivity index (χ1n) is 8.80. The molecular weight excluding hydrogens is 288 g/mol. The molecule has 23 heavy (non-hydrogen) atoms. The molecule has 1 saturated heterocycles. The van der Waals surface area contributed by atoms with E-state index >= 15 is 0 Å². The fourth-order valence-corrected chi connectivity index (χ4v) is 3.12. The van der Waals surface area contributed by atoms with E-state index in [1.54, 1.807) is 0 Å². The Morgan fingerprint density at radius 3 is 2.35 bits per heavy atom. The van der Waals surface area contributed by atoms with Crippen molar-refractivity contribution in [3.8, 4) is 0 Å². The fraction of sp³-hybridized carbons (Fsp3) is 0.579. The summed E-state index contributed by atoms with van der Waals surface area (Å²) in [5, 5.41) is 0. The summed E-state index contributed by atoms with van der Waals surface area (Å²) in [5.74, 6) is 0.425. The summed E-state index contributed by atoms with van der Waals surface area (Å²) in [6.07, 6.45) is 3.72. The van der Waals surface area contributed by atoms with Gasteiger partial charge >= 0.3 is 0 Å². The maximum atomic E-state index is 12.6. The highest BCUT2D eigenvalue weighted by molar-refractivity contribution is 5.94. The second-order valence-electron chi connectivity index (χ2n) is 6.20. The first-order valence-corrected chi connectivity index (χ1v) is 8.80. The Labute approximate surface area is 139 Å². The van der Waals surface area contributed by atoms with Crippen molar-refractivity contribution in [2.24, 2.45) is 5.92 Å². The average Bonchev–Trinajstić information content (AvgIpc) is 2.62. The number of rotatable bonds is 6. The third kappa shape index (κ3) is 4.57. The molecule has 0 spiro atoms. The molecule has 1 aromatic rings. The molecule has 1 fully saturated rings. The Hall–Kier alpha value is -1.84. The third-order valence-corrected chi connectivity index (χ3v) is 4.63. The van der Waals surface area contributed by atoms with Crippen molar-refractivity contribution in [2.75, 3.05) is 26.2 Å². The van der Waals surface area contributed by atoms with Crippen LogP contribution in [0.5, 0.6) is 0 Å². The van der Waals surface area contributed by atoms with Crippen LogP contribution in [0.2, 0.25) is 0 Å². The maximum absolute atomic E-state index is 12.6. The zero-order valence-electron chi connectivity index (χ0n) is 14.3. The van der Waals surface area contributed by atoms with E-state index in [1.807, 2.05) is 47.1 Å². The lowest BCUT2D eigenvalue weighted by molar-refractivity contribution is -0.136. The van der Waals surface area contributed by atoms with E-state index in [4.69, 9.17) is 0 Å². The Morgan fingerprint density at radius 2 is 1.78 bits per heavy atom. The average molecular weight is 316 g/mol. The monoisotopic (exact) mass is 316 g/mol. The molecule has 1 aliphatic heterocycles. The molecule has 0 atom stereocenters. The van der Waals surface area contributed by atoms with Crippen LogP contribution in [-0.2, 0) is 4.79 Å². The zero-order chi connectivity index (χ0) is 16.7. The van der Waals surface area contributed by atoms with Gasteiger partial charge in [-0.05, 0) is 38.3 Å². The van der Waals surface area contributed by atoms with Crippen LogP contribution in [0.3, 0.4) is 0 Å². The van der Waals surface area contributed by atoms with Gasteiger partial charge in [0, 0.05) is 37.7 Å². The quantitative estimate of drug-likeness (QED) is 0.808. The lowest BCUT2D eigenvalue weighted by atomic mass is 9.94. The molecule has 0 unspecified atom stereocenters. The van der Waals surface area contributed by atoms with E-state index in [0.29, 0.717) is 13.1 Å². The molecule has 0 aliphatic carbocycles. The second-order valence-corrected chi connectivity index (χ2v) is 6.20. The van der Waals surface area contributed by atoms with Crippen LogP contribution >= 0.6 is 0 Å². The van der Waals surface area contributed by atoms with E-state index in [2.05, 4.69) is 6.92 Å². The zero-order valence-corrected chi connectivity index (χ0v) is 14.3. The van der Waals surface area contributed by atoms with Crippen molar-refractivity contribution in [1.29, 1.82) is 0 Å². The first kappa shape index (κ1) is 17.5. The van der Waals surface area contributed by atoms with Crippen molar-refractivity contribution in [1.82, 2.24) is 9.80 Å². The number of hydrogen-bond acceptors (Lipinski definition) is 2. The number of amides is 2. The van der Waals surface area contributed by atoms with Gasteiger partial charge in [-0.15, -0.1) is 0 Å². The van der Waals surface area contributed by atoms with Crippen LogP contribution in [0.15, 0.2) is 30.3 Å². The van der Waals surface area contributed by atoms with Crippen LogP contribution in [0.25, 0.3) is 0 Å².